The molecule has 3 rings (SSSR count). The zero-order valence-electron chi connectivity index (χ0n) is 16.8. The maximum atomic E-state index is 12.9. The third kappa shape index (κ3) is 4.79. The fourth-order valence-corrected chi connectivity index (χ4v) is 8.12. The molecular formula is C19H26N2O7S2. The zero-order chi connectivity index (χ0) is 21.9. The highest BCUT2D eigenvalue weighted by atomic mass is 32.2. The number of carbonyl (C=O) groups excluding carboxylic acids is 1. The number of amides is 1. The van der Waals surface area contributed by atoms with E-state index in [-0.39, 0.29) is 50.0 Å². The highest BCUT2D eigenvalue weighted by Crippen LogP contribution is 2.29. The van der Waals surface area contributed by atoms with Crippen LogP contribution in [0.25, 0.3) is 0 Å². The molecule has 1 unspecified atom stereocenters. The maximum Gasteiger partial charge on any atom is 0.254 e. The van der Waals surface area contributed by atoms with Crippen LogP contribution in [0.3, 0.4) is 0 Å². The van der Waals surface area contributed by atoms with Crippen LogP contribution in [0.15, 0.2) is 30.9 Å². The van der Waals surface area contributed by atoms with Crippen molar-refractivity contribution in [1.82, 2.24) is 9.21 Å². The molecule has 2 aliphatic rings. The van der Waals surface area contributed by atoms with E-state index in [9.17, 15) is 21.6 Å². The van der Waals surface area contributed by atoms with Gasteiger partial charge in [0, 0.05) is 31.7 Å². The SMILES string of the molecule is C=CCOc1ccc(C(=O)N2CCN(S(=O)(=O)C3CCS(=O)(=O)C3)CC2)cc1OC. The molecular weight excluding hydrogens is 432 g/mol. The Hall–Kier alpha value is -2.11. The smallest absolute Gasteiger partial charge is 0.254 e. The minimum absolute atomic E-state index is 0.0936. The number of ether oxygens (including phenoxy) is 2. The van der Waals surface area contributed by atoms with Crippen LogP contribution in [0.5, 0.6) is 11.5 Å². The molecule has 0 saturated carbocycles. The summed E-state index contributed by atoms with van der Waals surface area (Å²) in [5, 5.41) is -0.892. The molecule has 0 aromatic heterocycles. The van der Waals surface area contributed by atoms with Crippen LogP contribution in [0, 0.1) is 0 Å². The second-order valence-electron chi connectivity index (χ2n) is 7.23. The fourth-order valence-electron chi connectivity index (χ4n) is 3.60. The van der Waals surface area contributed by atoms with E-state index in [0.717, 1.165) is 0 Å². The number of hydrogen-bond acceptors (Lipinski definition) is 7. The van der Waals surface area contributed by atoms with Crippen LogP contribution in [0.2, 0.25) is 0 Å². The Labute approximate surface area is 177 Å². The molecule has 0 bridgehead atoms. The number of sulfone groups is 1. The molecule has 1 aromatic carbocycles. The summed E-state index contributed by atoms with van der Waals surface area (Å²) in [7, 11) is -5.51. The third-order valence-electron chi connectivity index (χ3n) is 5.26. The first-order valence-electron chi connectivity index (χ1n) is 9.58. The molecule has 30 heavy (non-hydrogen) atoms. The Morgan fingerprint density at radius 2 is 1.93 bits per heavy atom. The van der Waals surface area contributed by atoms with Gasteiger partial charge in [0.05, 0.1) is 23.9 Å². The van der Waals surface area contributed by atoms with Crippen LogP contribution >= 0.6 is 0 Å². The second kappa shape index (κ2) is 8.94. The fraction of sp³-hybridized carbons (Fsp3) is 0.526. The van der Waals surface area contributed by atoms with Crippen molar-refractivity contribution in [1.29, 1.82) is 0 Å². The molecule has 1 atom stereocenters. The second-order valence-corrected chi connectivity index (χ2v) is 11.7. The third-order valence-corrected chi connectivity index (χ3v) is 9.57. The number of benzene rings is 1. The topological polar surface area (TPSA) is 110 Å². The summed E-state index contributed by atoms with van der Waals surface area (Å²) in [4.78, 5) is 14.4. The number of nitrogens with zero attached hydrogens (tertiary/aromatic N) is 2. The lowest BCUT2D eigenvalue weighted by Crippen LogP contribution is -2.52. The number of methoxy groups -OCH3 is 1. The van der Waals surface area contributed by atoms with Crippen molar-refractivity contribution in [2.24, 2.45) is 0 Å². The summed E-state index contributed by atoms with van der Waals surface area (Å²) >= 11 is 0. The molecule has 2 heterocycles. The standard InChI is InChI=1S/C19H26N2O7S2/c1-3-11-28-17-5-4-15(13-18(17)27-2)19(22)20-7-9-21(10-8-20)30(25,26)16-6-12-29(23,24)14-16/h3-5,13,16H,1,6-12,14H2,2H3. The van der Waals surface area contributed by atoms with Crippen molar-refractivity contribution in [3.8, 4) is 11.5 Å². The Morgan fingerprint density at radius 3 is 2.50 bits per heavy atom. The first-order valence-corrected chi connectivity index (χ1v) is 12.9. The lowest BCUT2D eigenvalue weighted by molar-refractivity contribution is 0.0697. The number of carbonyl (C=O) groups is 1. The van der Waals surface area contributed by atoms with Gasteiger partial charge in [-0.05, 0) is 24.6 Å². The van der Waals surface area contributed by atoms with Crippen LogP contribution in [-0.4, -0.2) is 88.6 Å². The minimum atomic E-state index is -3.70. The average molecular weight is 459 g/mol. The summed E-state index contributed by atoms with van der Waals surface area (Å²) in [6.45, 7) is 4.64. The van der Waals surface area contributed by atoms with Crippen molar-refractivity contribution in [2.45, 2.75) is 11.7 Å². The average Bonchev–Trinajstić information content (AvgIpc) is 3.12. The van der Waals surface area contributed by atoms with E-state index in [1.54, 1.807) is 29.2 Å². The van der Waals surface area contributed by atoms with Crippen LogP contribution in [0.1, 0.15) is 16.8 Å². The van der Waals surface area contributed by atoms with Crippen LogP contribution in [-0.2, 0) is 19.9 Å². The Kier molecular flexibility index (Phi) is 6.73. The van der Waals surface area contributed by atoms with E-state index in [4.69, 9.17) is 9.47 Å². The zero-order valence-corrected chi connectivity index (χ0v) is 18.5. The van der Waals surface area contributed by atoms with Crippen molar-refractivity contribution in [3.05, 3.63) is 36.4 Å². The van der Waals surface area contributed by atoms with Gasteiger partial charge in [0.2, 0.25) is 10.0 Å². The van der Waals surface area contributed by atoms with E-state index in [0.29, 0.717) is 23.7 Å². The number of piperazine rings is 1. The lowest BCUT2D eigenvalue weighted by Gasteiger charge is -2.35. The van der Waals surface area contributed by atoms with E-state index < -0.39 is 25.1 Å². The quantitative estimate of drug-likeness (QED) is 0.548. The highest BCUT2D eigenvalue weighted by molar-refractivity contribution is 7.95. The molecule has 11 heteroatoms. The highest BCUT2D eigenvalue weighted by Gasteiger charge is 2.41. The van der Waals surface area contributed by atoms with E-state index in [1.807, 2.05) is 0 Å². The molecule has 1 amide bonds. The summed E-state index contributed by atoms with van der Waals surface area (Å²) in [6.07, 6.45) is 1.73. The Morgan fingerprint density at radius 1 is 1.23 bits per heavy atom. The van der Waals surface area contributed by atoms with Crippen molar-refractivity contribution >= 4 is 25.8 Å². The van der Waals surface area contributed by atoms with E-state index in [2.05, 4.69) is 6.58 Å². The van der Waals surface area contributed by atoms with Gasteiger partial charge in [-0.1, -0.05) is 12.7 Å². The summed E-state index contributed by atoms with van der Waals surface area (Å²) in [5.74, 6) is 0.268. The predicted molar refractivity (Wildman–Crippen MR) is 112 cm³/mol. The van der Waals surface area contributed by atoms with Crippen molar-refractivity contribution < 1.29 is 31.1 Å². The predicted octanol–water partition coefficient (Wildman–Crippen LogP) is 0.535. The van der Waals surface area contributed by atoms with Crippen LogP contribution < -0.4 is 9.47 Å². The molecule has 0 N–H and O–H groups in total. The Balaban J connectivity index is 1.65. The largest absolute Gasteiger partial charge is 0.493 e. The van der Waals surface area contributed by atoms with Gasteiger partial charge >= 0.3 is 0 Å². The summed E-state index contributed by atoms with van der Waals surface area (Å²) in [6, 6.07) is 4.87. The lowest BCUT2D eigenvalue weighted by atomic mass is 10.1. The normalized spacial score (nSPS) is 21.9. The molecule has 1 aromatic rings. The maximum absolute atomic E-state index is 12.9. The van der Waals surface area contributed by atoms with Crippen molar-refractivity contribution in [2.75, 3.05) is 51.4 Å². The van der Waals surface area contributed by atoms with Gasteiger partial charge in [-0.3, -0.25) is 4.79 Å². The first-order chi connectivity index (χ1) is 14.2. The number of sulfonamides is 1. The molecule has 2 aliphatic heterocycles. The van der Waals surface area contributed by atoms with Gasteiger partial charge in [-0.25, -0.2) is 16.8 Å². The van der Waals surface area contributed by atoms with Gasteiger partial charge in [0.15, 0.2) is 21.3 Å². The van der Waals surface area contributed by atoms with Gasteiger partial charge < -0.3 is 14.4 Å². The molecule has 166 valence electrons. The number of hydrogen-bond donors (Lipinski definition) is 0. The summed E-state index contributed by atoms with van der Waals surface area (Å²) in [5.41, 5.74) is 0.413. The van der Waals surface area contributed by atoms with Gasteiger partial charge in [0.25, 0.3) is 5.91 Å². The van der Waals surface area contributed by atoms with Gasteiger partial charge in [-0.2, -0.15) is 4.31 Å². The van der Waals surface area contributed by atoms with Gasteiger partial charge in [-0.15, -0.1) is 0 Å². The van der Waals surface area contributed by atoms with E-state index in [1.165, 1.54) is 11.4 Å². The molecule has 0 spiro atoms. The van der Waals surface area contributed by atoms with E-state index >= 15 is 0 Å². The first kappa shape index (κ1) is 22.6. The number of rotatable bonds is 7. The molecule has 0 aliphatic carbocycles. The summed E-state index contributed by atoms with van der Waals surface area (Å²) < 4.78 is 60.9. The molecule has 2 saturated heterocycles. The Bertz CT molecular complexity index is 1010. The minimum Gasteiger partial charge on any atom is -0.493 e. The van der Waals surface area contributed by atoms with Gasteiger partial charge in [0.1, 0.15) is 6.61 Å². The molecule has 9 nitrogen and oxygen atoms in total. The molecule has 0 radical (unpaired) electrons. The monoisotopic (exact) mass is 458 g/mol. The van der Waals surface area contributed by atoms with Crippen molar-refractivity contribution in [3.63, 3.8) is 0 Å². The van der Waals surface area contributed by atoms with Crippen LogP contribution in [0.4, 0.5) is 0 Å². The molecule has 2 fully saturated rings.